The molecule has 0 spiro atoms. The summed E-state index contributed by atoms with van der Waals surface area (Å²) in [4.78, 5) is 37.5. The van der Waals surface area contributed by atoms with Gasteiger partial charge in [0.15, 0.2) is 0 Å². The number of ether oxygens (including phenoxy) is 1. The molecule has 1 aromatic heterocycles. The summed E-state index contributed by atoms with van der Waals surface area (Å²) < 4.78 is 6.40. The highest BCUT2D eigenvalue weighted by atomic mass is 35.5. The Morgan fingerprint density at radius 2 is 1.80 bits per heavy atom. The third-order valence-electron chi connectivity index (χ3n) is 7.99. The van der Waals surface area contributed by atoms with E-state index < -0.39 is 6.04 Å². The van der Waals surface area contributed by atoms with Gasteiger partial charge in [-0.25, -0.2) is 4.79 Å². The van der Waals surface area contributed by atoms with Gasteiger partial charge >= 0.3 is 6.03 Å². The van der Waals surface area contributed by atoms with Gasteiger partial charge in [0.2, 0.25) is 5.91 Å². The molecular formula is C31H43Cl2N5O3. The highest BCUT2D eigenvalue weighted by molar-refractivity contribution is 6.35. The third-order valence-corrected chi connectivity index (χ3v) is 8.58. The molecule has 2 fully saturated rings. The Kier molecular flexibility index (Phi) is 11.5. The molecule has 0 saturated carbocycles. The summed E-state index contributed by atoms with van der Waals surface area (Å²) >= 11 is 12.6. The number of aromatic nitrogens is 1. The highest BCUT2D eigenvalue weighted by Crippen LogP contribution is 2.34. The van der Waals surface area contributed by atoms with Crippen LogP contribution in [0.5, 0.6) is 5.75 Å². The molecule has 2 atom stereocenters. The molecule has 2 aromatic rings. The maximum absolute atomic E-state index is 13.9. The Morgan fingerprint density at radius 1 is 1.07 bits per heavy atom. The number of piperidine rings is 2. The summed E-state index contributed by atoms with van der Waals surface area (Å²) in [6, 6.07) is 8.26. The van der Waals surface area contributed by atoms with Gasteiger partial charge in [-0.05, 0) is 82.4 Å². The van der Waals surface area contributed by atoms with Crippen LogP contribution in [0, 0.1) is 0 Å². The molecule has 3 heterocycles. The largest absolute Gasteiger partial charge is 0.487 e. The van der Waals surface area contributed by atoms with Crippen LogP contribution in [0.25, 0.3) is 0 Å². The average Bonchev–Trinajstić information content (AvgIpc) is 2.98. The fraction of sp³-hybridized carbons (Fsp3) is 0.581. The van der Waals surface area contributed by atoms with Crippen molar-refractivity contribution in [1.29, 1.82) is 0 Å². The average molecular weight is 605 g/mol. The second-order valence-electron chi connectivity index (χ2n) is 11.4. The second-order valence-corrected chi connectivity index (χ2v) is 12.2. The van der Waals surface area contributed by atoms with Gasteiger partial charge in [-0.15, -0.1) is 0 Å². The lowest BCUT2D eigenvalue weighted by Gasteiger charge is -2.36. The number of amides is 3. The minimum absolute atomic E-state index is 0.0820. The van der Waals surface area contributed by atoms with Crippen LogP contribution in [0.3, 0.4) is 0 Å². The Labute approximate surface area is 254 Å². The van der Waals surface area contributed by atoms with Crippen molar-refractivity contribution >= 4 is 35.1 Å². The van der Waals surface area contributed by atoms with Crippen LogP contribution in [-0.4, -0.2) is 90.6 Å². The molecule has 2 saturated heterocycles. The van der Waals surface area contributed by atoms with Crippen molar-refractivity contribution in [2.24, 2.45) is 0 Å². The summed E-state index contributed by atoms with van der Waals surface area (Å²) in [5, 5.41) is 4.06. The number of nitrogens with one attached hydrogen (secondary N) is 1. The van der Waals surface area contributed by atoms with Crippen LogP contribution in [0.4, 0.5) is 4.79 Å². The molecule has 4 rings (SSSR count). The summed E-state index contributed by atoms with van der Waals surface area (Å²) in [6.45, 7) is 5.55. The van der Waals surface area contributed by atoms with E-state index in [1.54, 1.807) is 12.1 Å². The van der Waals surface area contributed by atoms with Gasteiger partial charge in [-0.3, -0.25) is 9.78 Å². The number of likely N-dealkylation sites (tertiary alicyclic amines) is 2. The van der Waals surface area contributed by atoms with Crippen molar-refractivity contribution < 1.29 is 14.3 Å². The van der Waals surface area contributed by atoms with Crippen LogP contribution in [0.15, 0.2) is 36.5 Å². The lowest BCUT2D eigenvalue weighted by molar-refractivity contribution is -0.134. The second kappa shape index (κ2) is 15.1. The number of benzene rings is 1. The van der Waals surface area contributed by atoms with Crippen LogP contribution in [-0.2, 0) is 11.2 Å². The Hall–Kier alpha value is -2.55. The number of pyridine rings is 1. The number of carbonyl (C=O) groups excluding carboxylic acids is 2. The maximum Gasteiger partial charge on any atom is 0.318 e. The third kappa shape index (κ3) is 8.72. The standard InChI is InChI=1S/C31H43Cl2N5O3/c1-4-25(21-36(2)3)41-28-9-8-14-34-29(28)22-12-17-37(18-13-22)30(39)27(19-23-10-11-24(32)20-26(23)33)35-31(40)38-15-6-5-7-16-38/h8-11,14,20,22,25,27H,4-7,12-13,15-19,21H2,1-3H3,(H,35,40)/t25-,27+/m0/s1. The van der Waals surface area contributed by atoms with Gasteiger partial charge in [-0.2, -0.15) is 0 Å². The van der Waals surface area contributed by atoms with Crippen LogP contribution >= 0.6 is 23.2 Å². The van der Waals surface area contributed by atoms with Crippen molar-refractivity contribution in [1.82, 2.24) is 25.0 Å². The Morgan fingerprint density at radius 3 is 2.46 bits per heavy atom. The van der Waals surface area contributed by atoms with E-state index in [1.807, 2.05) is 48.3 Å². The van der Waals surface area contributed by atoms with Crippen LogP contribution in [0.2, 0.25) is 10.0 Å². The van der Waals surface area contributed by atoms with Crippen LogP contribution < -0.4 is 10.1 Å². The summed E-state index contributed by atoms with van der Waals surface area (Å²) in [6.07, 6.45) is 7.74. The minimum atomic E-state index is -0.718. The number of likely N-dealkylation sites (N-methyl/N-ethyl adjacent to an activating group) is 1. The van der Waals surface area contributed by atoms with Crippen molar-refractivity contribution in [3.8, 4) is 5.75 Å². The molecule has 0 unspecified atom stereocenters. The van der Waals surface area contributed by atoms with Gasteiger partial charge < -0.3 is 24.8 Å². The normalized spacial score (nSPS) is 17.8. The molecule has 8 nitrogen and oxygen atoms in total. The quantitative estimate of drug-likeness (QED) is 0.381. The van der Waals surface area contributed by atoms with Crippen molar-refractivity contribution in [2.75, 3.05) is 46.8 Å². The molecule has 1 aromatic carbocycles. The number of carbonyl (C=O) groups is 2. The van der Waals surface area contributed by atoms with E-state index in [4.69, 9.17) is 32.9 Å². The minimum Gasteiger partial charge on any atom is -0.487 e. The zero-order valence-corrected chi connectivity index (χ0v) is 26.0. The molecule has 3 amide bonds. The van der Waals surface area contributed by atoms with E-state index in [0.29, 0.717) is 42.6 Å². The fourth-order valence-electron chi connectivity index (χ4n) is 5.68. The van der Waals surface area contributed by atoms with E-state index >= 15 is 0 Å². The molecule has 2 aliphatic heterocycles. The highest BCUT2D eigenvalue weighted by Gasteiger charge is 2.33. The van der Waals surface area contributed by atoms with Crippen molar-refractivity contribution in [3.63, 3.8) is 0 Å². The topological polar surface area (TPSA) is 78.0 Å². The van der Waals surface area contributed by atoms with E-state index in [9.17, 15) is 9.59 Å². The SMILES string of the molecule is CC[C@@H](CN(C)C)Oc1cccnc1C1CCN(C(=O)[C@@H](Cc2ccc(Cl)cc2Cl)NC(=O)N2CCCCC2)CC1. The zero-order valence-electron chi connectivity index (χ0n) is 24.5. The molecule has 2 aliphatic rings. The number of rotatable bonds is 10. The van der Waals surface area contributed by atoms with Gasteiger partial charge in [-0.1, -0.05) is 36.2 Å². The lowest BCUT2D eigenvalue weighted by Crippen LogP contribution is -2.55. The first-order chi connectivity index (χ1) is 19.7. The zero-order chi connectivity index (χ0) is 29.4. The smallest absolute Gasteiger partial charge is 0.318 e. The summed E-state index contributed by atoms with van der Waals surface area (Å²) in [5.41, 5.74) is 1.74. The molecule has 41 heavy (non-hydrogen) atoms. The first-order valence-corrected chi connectivity index (χ1v) is 15.5. The summed E-state index contributed by atoms with van der Waals surface area (Å²) in [5.74, 6) is 0.934. The number of hydrogen-bond acceptors (Lipinski definition) is 5. The molecule has 0 radical (unpaired) electrons. The van der Waals surface area contributed by atoms with Crippen molar-refractivity contribution in [3.05, 3.63) is 57.8 Å². The summed E-state index contributed by atoms with van der Waals surface area (Å²) in [7, 11) is 4.10. The predicted molar refractivity (Wildman–Crippen MR) is 164 cm³/mol. The van der Waals surface area contributed by atoms with Crippen molar-refractivity contribution in [2.45, 2.75) is 69.9 Å². The molecule has 224 valence electrons. The molecule has 0 aliphatic carbocycles. The predicted octanol–water partition coefficient (Wildman–Crippen LogP) is 5.62. The number of hydrogen-bond donors (Lipinski definition) is 1. The Bertz CT molecular complexity index is 1170. The number of urea groups is 1. The first-order valence-electron chi connectivity index (χ1n) is 14.8. The van der Waals surface area contributed by atoms with E-state index in [2.05, 4.69) is 17.1 Å². The first kappa shape index (κ1) is 31.4. The monoisotopic (exact) mass is 603 g/mol. The van der Waals surface area contributed by atoms with E-state index in [0.717, 1.165) is 62.1 Å². The van der Waals surface area contributed by atoms with Gasteiger partial charge in [0.05, 0.1) is 5.69 Å². The maximum atomic E-state index is 13.9. The van der Waals surface area contributed by atoms with Gasteiger partial charge in [0.25, 0.3) is 0 Å². The fourth-order valence-corrected chi connectivity index (χ4v) is 6.17. The number of halogens is 2. The van der Waals surface area contributed by atoms with Crippen LogP contribution in [0.1, 0.15) is 62.6 Å². The number of nitrogens with zero attached hydrogens (tertiary/aromatic N) is 4. The van der Waals surface area contributed by atoms with Gasteiger partial charge in [0, 0.05) is 61.3 Å². The molecular weight excluding hydrogens is 561 g/mol. The molecule has 0 bridgehead atoms. The van der Waals surface area contributed by atoms with Gasteiger partial charge in [0.1, 0.15) is 17.9 Å². The molecule has 10 heteroatoms. The molecule has 1 N–H and O–H groups in total. The van der Waals surface area contributed by atoms with E-state index in [1.165, 1.54) is 0 Å². The Balaban J connectivity index is 1.44. The lowest BCUT2D eigenvalue weighted by atomic mass is 9.91. The van der Waals surface area contributed by atoms with E-state index in [-0.39, 0.29) is 24.0 Å².